The fourth-order valence-electron chi connectivity index (χ4n) is 2.09. The zero-order chi connectivity index (χ0) is 17.2. The van der Waals surface area contributed by atoms with Crippen LogP contribution in [0.5, 0.6) is 5.75 Å². The molecule has 0 fully saturated rings. The fourth-order valence-corrected chi connectivity index (χ4v) is 2.82. The Labute approximate surface area is 170 Å². The molecule has 5 nitrogen and oxygen atoms in total. The molecule has 0 unspecified atom stereocenters. The Morgan fingerprint density at radius 1 is 1.36 bits per heavy atom. The number of guanidine groups is 1. The number of para-hydroxylation sites is 1. The van der Waals surface area contributed by atoms with Gasteiger partial charge in [-0.15, -0.1) is 35.3 Å². The monoisotopic (exact) mass is 472 g/mol. The van der Waals surface area contributed by atoms with E-state index in [2.05, 4.69) is 34.1 Å². The zero-order valence-electron chi connectivity index (χ0n) is 14.6. The van der Waals surface area contributed by atoms with E-state index in [0.29, 0.717) is 19.7 Å². The van der Waals surface area contributed by atoms with Gasteiger partial charge in [0, 0.05) is 23.2 Å². The van der Waals surface area contributed by atoms with E-state index >= 15 is 0 Å². The van der Waals surface area contributed by atoms with Gasteiger partial charge in [0.2, 0.25) is 0 Å². The number of hydrogen-bond acceptors (Lipinski definition) is 4. The Bertz CT molecular complexity index is 687. The molecule has 0 aliphatic heterocycles. The number of nitrogens with zero attached hydrogens (tertiary/aromatic N) is 2. The summed E-state index contributed by atoms with van der Waals surface area (Å²) in [7, 11) is 0. The first-order chi connectivity index (χ1) is 11.7. The summed E-state index contributed by atoms with van der Waals surface area (Å²) < 4.78 is 5.68. The third kappa shape index (κ3) is 7.43. The maximum Gasteiger partial charge on any atom is 0.191 e. The second-order valence-corrected chi connectivity index (χ2v) is 6.42. The second-order valence-electron chi connectivity index (χ2n) is 5.10. The van der Waals surface area contributed by atoms with Gasteiger partial charge in [0.1, 0.15) is 12.4 Å². The minimum Gasteiger partial charge on any atom is -0.489 e. The zero-order valence-corrected chi connectivity index (χ0v) is 17.8. The van der Waals surface area contributed by atoms with E-state index in [9.17, 15) is 0 Å². The van der Waals surface area contributed by atoms with Gasteiger partial charge in [0.15, 0.2) is 5.96 Å². The van der Waals surface area contributed by atoms with Crippen molar-refractivity contribution in [1.82, 2.24) is 15.6 Å². The molecule has 1 aromatic heterocycles. The van der Waals surface area contributed by atoms with Crippen LogP contribution >= 0.6 is 35.3 Å². The fraction of sp³-hybridized carbons (Fsp3) is 0.333. The van der Waals surface area contributed by atoms with Crippen molar-refractivity contribution in [2.24, 2.45) is 4.99 Å². The molecule has 0 radical (unpaired) electrons. The molecule has 2 aromatic rings. The molecule has 2 rings (SSSR count). The predicted molar refractivity (Wildman–Crippen MR) is 116 cm³/mol. The van der Waals surface area contributed by atoms with Crippen LogP contribution in [-0.2, 0) is 13.1 Å². The van der Waals surface area contributed by atoms with Gasteiger partial charge in [-0.1, -0.05) is 30.9 Å². The van der Waals surface area contributed by atoms with E-state index in [0.717, 1.165) is 28.8 Å². The molecule has 0 saturated carbocycles. The highest BCUT2D eigenvalue weighted by molar-refractivity contribution is 14.0. The van der Waals surface area contributed by atoms with E-state index in [1.54, 1.807) is 17.4 Å². The minimum atomic E-state index is 0. The van der Waals surface area contributed by atoms with E-state index in [4.69, 9.17) is 4.74 Å². The number of aryl methyl sites for hydroxylation is 1. The Balaban J connectivity index is 0.00000312. The summed E-state index contributed by atoms with van der Waals surface area (Å²) in [5.41, 5.74) is 1.05. The predicted octanol–water partition coefficient (Wildman–Crippen LogP) is 3.89. The quantitative estimate of drug-likeness (QED) is 0.265. The third-order valence-electron chi connectivity index (χ3n) is 3.18. The number of benzene rings is 1. The number of nitrogens with one attached hydrogen (secondary N) is 2. The van der Waals surface area contributed by atoms with Crippen molar-refractivity contribution in [3.05, 3.63) is 58.6 Å². The summed E-state index contributed by atoms with van der Waals surface area (Å²) in [6, 6.07) is 7.93. The normalized spacial score (nSPS) is 10.7. The molecular formula is C18H25IN4OS. The van der Waals surface area contributed by atoms with Gasteiger partial charge < -0.3 is 15.4 Å². The molecule has 0 bridgehead atoms. The molecule has 0 spiro atoms. The van der Waals surface area contributed by atoms with E-state index < -0.39 is 0 Å². The molecule has 25 heavy (non-hydrogen) atoms. The lowest BCUT2D eigenvalue weighted by atomic mass is 10.2. The molecule has 0 saturated heterocycles. The Hall–Kier alpha value is -1.61. The Kier molecular flexibility index (Phi) is 10.2. The van der Waals surface area contributed by atoms with Crippen LogP contribution in [0.15, 0.2) is 48.1 Å². The summed E-state index contributed by atoms with van der Waals surface area (Å²) in [6.45, 7) is 10.3. The Morgan fingerprint density at radius 2 is 2.16 bits per heavy atom. The maximum absolute atomic E-state index is 5.68. The molecule has 0 amide bonds. The van der Waals surface area contributed by atoms with Crippen LogP contribution in [-0.4, -0.2) is 24.1 Å². The molecule has 0 atom stereocenters. The smallest absolute Gasteiger partial charge is 0.191 e. The van der Waals surface area contributed by atoms with Crippen molar-refractivity contribution in [2.75, 3.05) is 13.2 Å². The first-order valence-corrected chi connectivity index (χ1v) is 8.79. The molecule has 0 aliphatic rings. The SMILES string of the molecule is C=CCOc1ccccc1CN=C(NCC)NCc1cnc(C)s1.I. The Morgan fingerprint density at radius 3 is 2.84 bits per heavy atom. The van der Waals surface area contributed by atoms with Gasteiger partial charge in [-0.3, -0.25) is 0 Å². The van der Waals surface area contributed by atoms with Gasteiger partial charge in [0.05, 0.1) is 18.1 Å². The van der Waals surface area contributed by atoms with E-state index in [-0.39, 0.29) is 24.0 Å². The summed E-state index contributed by atoms with van der Waals surface area (Å²) >= 11 is 1.69. The van der Waals surface area contributed by atoms with Gasteiger partial charge in [0.25, 0.3) is 0 Å². The lowest BCUT2D eigenvalue weighted by molar-refractivity contribution is 0.359. The van der Waals surface area contributed by atoms with Gasteiger partial charge >= 0.3 is 0 Å². The van der Waals surface area contributed by atoms with Crippen LogP contribution in [0.25, 0.3) is 0 Å². The average Bonchev–Trinajstić information content (AvgIpc) is 3.01. The van der Waals surface area contributed by atoms with Crippen LogP contribution in [0.2, 0.25) is 0 Å². The van der Waals surface area contributed by atoms with Crippen molar-refractivity contribution < 1.29 is 4.74 Å². The maximum atomic E-state index is 5.68. The first kappa shape index (κ1) is 21.4. The number of ether oxygens (including phenoxy) is 1. The molecule has 136 valence electrons. The van der Waals surface area contributed by atoms with Crippen LogP contribution < -0.4 is 15.4 Å². The summed E-state index contributed by atoms with van der Waals surface area (Å²) in [5.74, 6) is 1.62. The second kappa shape index (κ2) is 11.9. The highest BCUT2D eigenvalue weighted by Gasteiger charge is 2.04. The van der Waals surface area contributed by atoms with Crippen LogP contribution in [0, 0.1) is 6.92 Å². The summed E-state index contributed by atoms with van der Waals surface area (Å²) in [4.78, 5) is 10.1. The van der Waals surface area contributed by atoms with Gasteiger partial charge in [-0.25, -0.2) is 9.98 Å². The van der Waals surface area contributed by atoms with Crippen LogP contribution in [0.4, 0.5) is 0 Å². The first-order valence-electron chi connectivity index (χ1n) is 7.98. The topological polar surface area (TPSA) is 58.5 Å². The van der Waals surface area contributed by atoms with Crippen molar-refractivity contribution in [3.8, 4) is 5.75 Å². The summed E-state index contributed by atoms with van der Waals surface area (Å²) in [6.07, 6.45) is 3.64. The van der Waals surface area contributed by atoms with Gasteiger partial charge in [-0.2, -0.15) is 0 Å². The number of thiazole rings is 1. The van der Waals surface area contributed by atoms with E-state index in [1.165, 1.54) is 4.88 Å². The largest absolute Gasteiger partial charge is 0.489 e. The molecule has 7 heteroatoms. The van der Waals surface area contributed by atoms with Crippen molar-refractivity contribution in [2.45, 2.75) is 26.9 Å². The number of rotatable bonds is 8. The number of aliphatic imine (C=N–C) groups is 1. The number of hydrogen-bond donors (Lipinski definition) is 2. The number of aromatic nitrogens is 1. The molecule has 1 aromatic carbocycles. The van der Waals surface area contributed by atoms with Crippen molar-refractivity contribution in [1.29, 1.82) is 0 Å². The van der Waals surface area contributed by atoms with Crippen LogP contribution in [0.1, 0.15) is 22.4 Å². The van der Waals surface area contributed by atoms with Gasteiger partial charge in [-0.05, 0) is 19.9 Å². The standard InChI is InChI=1S/C18H24N4OS.HI/c1-4-10-23-17-9-7-6-8-15(17)11-21-18(19-5-2)22-13-16-12-20-14(3)24-16;/h4,6-9,12H,1,5,10-11,13H2,2-3H3,(H2,19,21,22);1H. The molecular weight excluding hydrogens is 447 g/mol. The average molecular weight is 472 g/mol. The van der Waals surface area contributed by atoms with E-state index in [1.807, 2.05) is 37.4 Å². The lowest BCUT2D eigenvalue weighted by Gasteiger charge is -2.12. The third-order valence-corrected chi connectivity index (χ3v) is 4.09. The van der Waals surface area contributed by atoms with Crippen LogP contribution in [0.3, 0.4) is 0 Å². The van der Waals surface area contributed by atoms with Crippen molar-refractivity contribution >= 4 is 41.3 Å². The van der Waals surface area contributed by atoms with Crippen molar-refractivity contribution in [3.63, 3.8) is 0 Å². The molecule has 1 heterocycles. The molecule has 2 N–H and O–H groups in total. The highest BCUT2D eigenvalue weighted by atomic mass is 127. The summed E-state index contributed by atoms with van der Waals surface area (Å²) in [5, 5.41) is 7.67. The number of halogens is 1. The minimum absolute atomic E-state index is 0. The molecule has 0 aliphatic carbocycles. The lowest BCUT2D eigenvalue weighted by Crippen LogP contribution is -2.36. The highest BCUT2D eigenvalue weighted by Crippen LogP contribution is 2.18.